The first kappa shape index (κ1) is 13.4. The summed E-state index contributed by atoms with van der Waals surface area (Å²) < 4.78 is 1.87. The third-order valence-corrected chi connectivity index (χ3v) is 3.79. The van der Waals surface area contributed by atoms with Crippen molar-refractivity contribution in [1.82, 2.24) is 14.5 Å². The first-order chi connectivity index (χ1) is 9.69. The Hall–Kier alpha value is -1.62. The van der Waals surface area contributed by atoms with Gasteiger partial charge in [0.15, 0.2) is 5.65 Å². The fourth-order valence-corrected chi connectivity index (χ4v) is 2.43. The number of hydrogen-bond donors (Lipinski definition) is 1. The number of fused-ring (bicyclic) bond motifs is 1. The Bertz CT molecular complexity index is 770. The minimum Gasteiger partial charge on any atom is -0.388 e. The molecule has 0 saturated carbocycles. The molecule has 0 atom stereocenters. The van der Waals surface area contributed by atoms with Crippen molar-refractivity contribution < 1.29 is 5.11 Å². The quantitative estimate of drug-likeness (QED) is 0.808. The van der Waals surface area contributed by atoms with E-state index in [1.807, 2.05) is 22.8 Å². The van der Waals surface area contributed by atoms with Gasteiger partial charge in [0.1, 0.15) is 17.9 Å². The normalized spacial score (nSPS) is 11.2. The fourth-order valence-electron chi connectivity index (χ4n) is 2.11. The van der Waals surface area contributed by atoms with Gasteiger partial charge in [0.25, 0.3) is 0 Å². The van der Waals surface area contributed by atoms with Crippen LogP contribution in [0.1, 0.15) is 11.4 Å². The fraction of sp³-hybridized carbons (Fsp3) is 0.143. The van der Waals surface area contributed by atoms with E-state index in [9.17, 15) is 5.11 Å². The lowest BCUT2D eigenvalue weighted by molar-refractivity contribution is 0.267. The van der Waals surface area contributed by atoms with Gasteiger partial charge in [-0.15, -0.1) is 0 Å². The van der Waals surface area contributed by atoms with Crippen LogP contribution in [-0.4, -0.2) is 19.6 Å². The highest BCUT2D eigenvalue weighted by Gasteiger charge is 2.11. The number of aliphatic hydroxyl groups excluding tert-OH is 1. The molecular formula is C14H11Cl2N3O. The Kier molecular flexibility index (Phi) is 3.61. The number of hydrogen-bond acceptors (Lipinski definition) is 3. The molecule has 102 valence electrons. The van der Waals surface area contributed by atoms with Crippen LogP contribution in [-0.2, 0) is 13.2 Å². The molecular weight excluding hydrogens is 297 g/mol. The highest BCUT2D eigenvalue weighted by molar-refractivity contribution is 6.42. The minimum atomic E-state index is -0.141. The number of aliphatic hydroxyl groups is 1. The summed E-state index contributed by atoms with van der Waals surface area (Å²) in [4.78, 5) is 8.67. The lowest BCUT2D eigenvalue weighted by Gasteiger charge is -2.08. The molecule has 1 aromatic carbocycles. The number of pyridine rings is 1. The van der Waals surface area contributed by atoms with Gasteiger partial charge >= 0.3 is 0 Å². The van der Waals surface area contributed by atoms with Gasteiger partial charge in [-0.3, -0.25) is 0 Å². The first-order valence-electron chi connectivity index (χ1n) is 6.04. The average Bonchev–Trinajstić information content (AvgIpc) is 2.81. The van der Waals surface area contributed by atoms with E-state index in [0.29, 0.717) is 22.4 Å². The highest BCUT2D eigenvalue weighted by atomic mass is 35.5. The Balaban J connectivity index is 2.07. The van der Waals surface area contributed by atoms with Crippen molar-refractivity contribution in [2.24, 2.45) is 0 Å². The Morgan fingerprint density at radius 1 is 1.15 bits per heavy atom. The smallest absolute Gasteiger partial charge is 0.160 e. The molecule has 0 spiro atoms. The topological polar surface area (TPSA) is 50.9 Å². The predicted molar refractivity (Wildman–Crippen MR) is 79.0 cm³/mol. The van der Waals surface area contributed by atoms with E-state index in [2.05, 4.69) is 9.97 Å². The SMILES string of the molecule is OCc1nc2cccnc2n1Cc1ccc(Cl)c(Cl)c1. The van der Waals surface area contributed by atoms with Crippen LogP contribution in [0.4, 0.5) is 0 Å². The van der Waals surface area contributed by atoms with Gasteiger partial charge in [-0.2, -0.15) is 0 Å². The van der Waals surface area contributed by atoms with Crippen molar-refractivity contribution in [3.8, 4) is 0 Å². The first-order valence-corrected chi connectivity index (χ1v) is 6.79. The van der Waals surface area contributed by atoms with Gasteiger partial charge in [0.05, 0.1) is 16.6 Å². The van der Waals surface area contributed by atoms with Crippen LogP contribution in [0.15, 0.2) is 36.5 Å². The lowest BCUT2D eigenvalue weighted by Crippen LogP contribution is -2.06. The van der Waals surface area contributed by atoms with Crippen molar-refractivity contribution in [1.29, 1.82) is 0 Å². The molecule has 2 aromatic heterocycles. The molecule has 0 aliphatic carbocycles. The molecule has 0 fully saturated rings. The molecule has 6 heteroatoms. The Morgan fingerprint density at radius 2 is 2.00 bits per heavy atom. The van der Waals surface area contributed by atoms with Crippen LogP contribution < -0.4 is 0 Å². The monoisotopic (exact) mass is 307 g/mol. The Labute approximate surface area is 125 Å². The number of nitrogens with zero attached hydrogens (tertiary/aromatic N) is 3. The summed E-state index contributed by atoms with van der Waals surface area (Å²) in [7, 11) is 0. The second-order valence-corrected chi connectivity index (χ2v) is 5.18. The summed E-state index contributed by atoms with van der Waals surface area (Å²) in [5.74, 6) is 0.574. The number of benzene rings is 1. The summed E-state index contributed by atoms with van der Waals surface area (Å²) in [5.41, 5.74) is 2.47. The molecule has 20 heavy (non-hydrogen) atoms. The van der Waals surface area contributed by atoms with Crippen molar-refractivity contribution in [3.05, 3.63) is 58.0 Å². The van der Waals surface area contributed by atoms with E-state index in [4.69, 9.17) is 23.2 Å². The van der Waals surface area contributed by atoms with Crippen molar-refractivity contribution in [2.75, 3.05) is 0 Å². The molecule has 0 saturated heterocycles. The zero-order chi connectivity index (χ0) is 14.1. The highest BCUT2D eigenvalue weighted by Crippen LogP contribution is 2.24. The number of aromatic nitrogens is 3. The van der Waals surface area contributed by atoms with Gasteiger partial charge < -0.3 is 9.67 Å². The maximum Gasteiger partial charge on any atom is 0.160 e. The summed E-state index contributed by atoms with van der Waals surface area (Å²) in [6.07, 6.45) is 1.70. The molecule has 1 N–H and O–H groups in total. The molecule has 0 amide bonds. The zero-order valence-corrected chi connectivity index (χ0v) is 11.9. The summed E-state index contributed by atoms with van der Waals surface area (Å²) in [6, 6.07) is 9.14. The van der Waals surface area contributed by atoms with E-state index in [1.165, 1.54) is 0 Å². The Morgan fingerprint density at radius 3 is 2.75 bits per heavy atom. The molecule has 0 aliphatic rings. The maximum absolute atomic E-state index is 9.44. The van der Waals surface area contributed by atoms with Crippen LogP contribution in [0.2, 0.25) is 10.0 Å². The van der Waals surface area contributed by atoms with Crippen LogP contribution >= 0.6 is 23.2 Å². The molecule has 0 unspecified atom stereocenters. The van der Waals surface area contributed by atoms with Gasteiger partial charge in [-0.1, -0.05) is 29.3 Å². The van der Waals surface area contributed by atoms with Crippen molar-refractivity contribution in [2.45, 2.75) is 13.2 Å². The van der Waals surface area contributed by atoms with Crippen LogP contribution in [0.3, 0.4) is 0 Å². The lowest BCUT2D eigenvalue weighted by atomic mass is 10.2. The van der Waals surface area contributed by atoms with Crippen molar-refractivity contribution in [3.63, 3.8) is 0 Å². The maximum atomic E-state index is 9.44. The second-order valence-electron chi connectivity index (χ2n) is 4.37. The van der Waals surface area contributed by atoms with E-state index >= 15 is 0 Å². The molecule has 0 radical (unpaired) electrons. The van der Waals surface area contributed by atoms with Crippen LogP contribution in [0, 0.1) is 0 Å². The molecule has 2 heterocycles. The summed E-state index contributed by atoms with van der Waals surface area (Å²) >= 11 is 11.9. The van der Waals surface area contributed by atoms with Gasteiger partial charge in [-0.05, 0) is 29.8 Å². The number of rotatable bonds is 3. The molecule has 4 nitrogen and oxygen atoms in total. The largest absolute Gasteiger partial charge is 0.388 e. The van der Waals surface area contributed by atoms with Gasteiger partial charge in [0, 0.05) is 6.20 Å². The summed E-state index contributed by atoms with van der Waals surface area (Å²) in [5, 5.41) is 10.5. The van der Waals surface area contributed by atoms with E-state index < -0.39 is 0 Å². The molecule has 3 rings (SSSR count). The van der Waals surface area contributed by atoms with E-state index in [0.717, 1.165) is 16.7 Å². The van der Waals surface area contributed by atoms with Crippen LogP contribution in [0.5, 0.6) is 0 Å². The minimum absolute atomic E-state index is 0.141. The average molecular weight is 308 g/mol. The number of halogens is 2. The molecule has 0 aliphatic heterocycles. The summed E-state index contributed by atoms with van der Waals surface area (Å²) in [6.45, 7) is 0.387. The van der Waals surface area contributed by atoms with Crippen molar-refractivity contribution >= 4 is 34.4 Å². The van der Waals surface area contributed by atoms with Gasteiger partial charge in [0.2, 0.25) is 0 Å². The van der Waals surface area contributed by atoms with E-state index in [-0.39, 0.29) is 6.61 Å². The number of imidazole rings is 1. The third kappa shape index (κ3) is 2.38. The zero-order valence-electron chi connectivity index (χ0n) is 10.4. The predicted octanol–water partition coefficient (Wildman–Crippen LogP) is 3.28. The van der Waals surface area contributed by atoms with Crippen LogP contribution in [0.25, 0.3) is 11.2 Å². The molecule has 0 bridgehead atoms. The van der Waals surface area contributed by atoms with Gasteiger partial charge in [-0.25, -0.2) is 9.97 Å². The van der Waals surface area contributed by atoms with E-state index in [1.54, 1.807) is 18.3 Å². The standard InChI is InChI=1S/C14H11Cl2N3O/c15-10-4-3-9(6-11(10)16)7-19-13(8-20)18-12-2-1-5-17-14(12)19/h1-6,20H,7-8H2. The molecule has 3 aromatic rings. The second kappa shape index (κ2) is 5.40. The third-order valence-electron chi connectivity index (χ3n) is 3.05.